The zero-order valence-corrected chi connectivity index (χ0v) is 13.2. The number of amides is 1. The number of carboxylic acid groups (broad SMARTS) is 1. The van der Waals surface area contributed by atoms with Crippen molar-refractivity contribution in [3.63, 3.8) is 0 Å². The van der Waals surface area contributed by atoms with Gasteiger partial charge in [-0.25, -0.2) is 0 Å². The highest BCUT2D eigenvalue weighted by molar-refractivity contribution is 5.76. The van der Waals surface area contributed by atoms with Crippen LogP contribution in [0.4, 0.5) is 0 Å². The number of nitrogens with two attached hydrogens (primary N) is 1. The fourth-order valence-electron chi connectivity index (χ4n) is 1.87. The van der Waals surface area contributed by atoms with E-state index in [2.05, 4.69) is 5.32 Å². The van der Waals surface area contributed by atoms with Crippen LogP contribution in [0.15, 0.2) is 0 Å². The Morgan fingerprint density at radius 2 is 1.85 bits per heavy atom. The van der Waals surface area contributed by atoms with Crippen LogP contribution in [0.2, 0.25) is 0 Å². The Morgan fingerprint density at radius 3 is 2.30 bits per heavy atom. The molecule has 0 aromatic carbocycles. The largest absolute Gasteiger partial charge is 0.481 e. The molecule has 0 aromatic heterocycles. The van der Waals surface area contributed by atoms with E-state index in [0.29, 0.717) is 25.3 Å². The predicted molar refractivity (Wildman–Crippen MR) is 80.3 cm³/mol. The van der Waals surface area contributed by atoms with Crippen molar-refractivity contribution in [1.82, 2.24) is 5.32 Å². The third kappa shape index (κ3) is 8.91. The van der Waals surface area contributed by atoms with Gasteiger partial charge in [-0.15, -0.1) is 0 Å². The van der Waals surface area contributed by atoms with Crippen molar-refractivity contribution >= 4 is 11.9 Å². The molecule has 0 aliphatic rings. The van der Waals surface area contributed by atoms with Crippen LogP contribution in [0, 0.1) is 11.3 Å². The molecule has 2 unspecified atom stereocenters. The van der Waals surface area contributed by atoms with Crippen molar-refractivity contribution in [2.24, 2.45) is 17.1 Å². The molecule has 1 amide bonds. The fourth-order valence-corrected chi connectivity index (χ4v) is 1.87. The van der Waals surface area contributed by atoms with E-state index in [4.69, 9.17) is 10.8 Å². The van der Waals surface area contributed by atoms with Crippen LogP contribution in [0.3, 0.4) is 0 Å². The minimum Gasteiger partial charge on any atom is -0.481 e. The summed E-state index contributed by atoms with van der Waals surface area (Å²) < 4.78 is 0. The van der Waals surface area contributed by atoms with Crippen molar-refractivity contribution in [1.29, 1.82) is 0 Å². The molecule has 0 spiro atoms. The Hall–Kier alpha value is -1.10. The van der Waals surface area contributed by atoms with Gasteiger partial charge in [0.05, 0.1) is 0 Å². The Morgan fingerprint density at radius 1 is 1.25 bits per heavy atom. The van der Waals surface area contributed by atoms with Crippen molar-refractivity contribution in [2.45, 2.75) is 65.8 Å². The van der Waals surface area contributed by atoms with Crippen LogP contribution in [-0.2, 0) is 9.59 Å². The molecule has 0 fully saturated rings. The summed E-state index contributed by atoms with van der Waals surface area (Å²) in [6.45, 7) is 8.69. The summed E-state index contributed by atoms with van der Waals surface area (Å²) in [5.74, 6) is -0.438. The fraction of sp³-hybridized carbons (Fsp3) is 0.867. The van der Waals surface area contributed by atoms with Crippen molar-refractivity contribution in [3.05, 3.63) is 0 Å². The van der Waals surface area contributed by atoms with E-state index < -0.39 is 5.97 Å². The van der Waals surface area contributed by atoms with E-state index in [1.54, 1.807) is 0 Å². The molecule has 5 nitrogen and oxygen atoms in total. The predicted octanol–water partition coefficient (Wildman–Crippen LogP) is 2.15. The third-order valence-electron chi connectivity index (χ3n) is 3.74. The number of carboxylic acids is 1. The summed E-state index contributed by atoms with van der Waals surface area (Å²) >= 11 is 0. The standard InChI is InChI=1S/C15H30N2O3/c1-5-11(6-7-14(19)20)8-9-17-13(18)10-12(16)15(2,3)4/h11-12H,5-10,16H2,1-4H3,(H,17,18)(H,19,20). The van der Waals surface area contributed by atoms with Gasteiger partial charge in [0.1, 0.15) is 0 Å². The lowest BCUT2D eigenvalue weighted by Gasteiger charge is -2.26. The molecule has 0 saturated carbocycles. The maximum absolute atomic E-state index is 11.8. The van der Waals surface area contributed by atoms with Crippen LogP contribution in [-0.4, -0.2) is 29.6 Å². The van der Waals surface area contributed by atoms with E-state index >= 15 is 0 Å². The molecule has 0 radical (unpaired) electrons. The van der Waals surface area contributed by atoms with Gasteiger partial charge in [0.25, 0.3) is 0 Å². The van der Waals surface area contributed by atoms with Gasteiger partial charge in [0.2, 0.25) is 5.91 Å². The number of rotatable bonds is 9. The molecule has 0 heterocycles. The summed E-state index contributed by atoms with van der Waals surface area (Å²) in [6.07, 6.45) is 2.95. The number of hydrogen-bond acceptors (Lipinski definition) is 3. The van der Waals surface area contributed by atoms with Gasteiger partial charge in [-0.05, 0) is 24.2 Å². The van der Waals surface area contributed by atoms with Crippen LogP contribution in [0.5, 0.6) is 0 Å². The molecule has 2 atom stereocenters. The second-order valence-electron chi connectivity index (χ2n) is 6.52. The van der Waals surface area contributed by atoms with Gasteiger partial charge in [-0.2, -0.15) is 0 Å². The Kier molecular flexibility index (Phi) is 8.46. The summed E-state index contributed by atoms with van der Waals surface area (Å²) in [7, 11) is 0. The number of hydrogen-bond donors (Lipinski definition) is 3. The molecule has 0 bridgehead atoms. The van der Waals surface area contributed by atoms with Crippen molar-refractivity contribution in [3.8, 4) is 0 Å². The Bertz CT molecular complexity index is 311. The molecule has 0 aliphatic heterocycles. The second kappa shape index (κ2) is 8.95. The van der Waals surface area contributed by atoms with E-state index in [9.17, 15) is 9.59 Å². The molecule has 0 saturated heterocycles. The first-order chi connectivity index (χ1) is 9.16. The van der Waals surface area contributed by atoms with Gasteiger partial charge in [0, 0.05) is 25.4 Å². The first kappa shape index (κ1) is 18.9. The van der Waals surface area contributed by atoms with Gasteiger partial charge in [-0.3, -0.25) is 9.59 Å². The van der Waals surface area contributed by atoms with Gasteiger partial charge >= 0.3 is 5.97 Å². The van der Waals surface area contributed by atoms with E-state index in [1.807, 2.05) is 27.7 Å². The van der Waals surface area contributed by atoms with E-state index in [-0.39, 0.29) is 23.8 Å². The lowest BCUT2D eigenvalue weighted by molar-refractivity contribution is -0.137. The summed E-state index contributed by atoms with van der Waals surface area (Å²) in [5.41, 5.74) is 5.89. The average molecular weight is 286 g/mol. The van der Waals surface area contributed by atoms with Crippen LogP contribution >= 0.6 is 0 Å². The topological polar surface area (TPSA) is 92.4 Å². The van der Waals surface area contributed by atoms with Gasteiger partial charge in [0.15, 0.2) is 0 Å². The summed E-state index contributed by atoms with van der Waals surface area (Å²) in [4.78, 5) is 22.3. The summed E-state index contributed by atoms with van der Waals surface area (Å²) in [5, 5.41) is 11.5. The Labute approximate surface area is 122 Å². The van der Waals surface area contributed by atoms with Crippen LogP contribution in [0.1, 0.15) is 59.8 Å². The minimum atomic E-state index is -0.761. The minimum absolute atomic E-state index is 0.0273. The SMILES string of the molecule is CCC(CCNC(=O)CC(N)C(C)(C)C)CCC(=O)O. The smallest absolute Gasteiger partial charge is 0.303 e. The monoisotopic (exact) mass is 286 g/mol. The molecular weight excluding hydrogens is 256 g/mol. The quantitative estimate of drug-likeness (QED) is 0.605. The normalized spacial score (nSPS) is 14.7. The van der Waals surface area contributed by atoms with Gasteiger partial charge < -0.3 is 16.2 Å². The maximum atomic E-state index is 11.8. The number of carbonyl (C=O) groups excluding carboxylic acids is 1. The molecule has 0 rings (SSSR count). The maximum Gasteiger partial charge on any atom is 0.303 e. The molecule has 20 heavy (non-hydrogen) atoms. The molecule has 118 valence electrons. The highest BCUT2D eigenvalue weighted by Gasteiger charge is 2.23. The van der Waals surface area contributed by atoms with E-state index in [1.165, 1.54) is 0 Å². The van der Waals surface area contributed by atoms with E-state index in [0.717, 1.165) is 12.8 Å². The Balaban J connectivity index is 3.92. The first-order valence-electron chi connectivity index (χ1n) is 7.40. The number of carbonyl (C=O) groups is 2. The molecule has 4 N–H and O–H groups in total. The second-order valence-corrected chi connectivity index (χ2v) is 6.52. The first-order valence-corrected chi connectivity index (χ1v) is 7.40. The van der Waals surface area contributed by atoms with Crippen LogP contribution in [0.25, 0.3) is 0 Å². The zero-order valence-electron chi connectivity index (χ0n) is 13.2. The van der Waals surface area contributed by atoms with Gasteiger partial charge in [-0.1, -0.05) is 34.1 Å². The molecule has 0 aromatic rings. The third-order valence-corrected chi connectivity index (χ3v) is 3.74. The number of nitrogens with one attached hydrogen (secondary N) is 1. The zero-order chi connectivity index (χ0) is 15.8. The summed E-state index contributed by atoms with van der Waals surface area (Å²) in [6, 6.07) is -0.156. The van der Waals surface area contributed by atoms with Crippen molar-refractivity contribution < 1.29 is 14.7 Å². The molecule has 0 aliphatic carbocycles. The van der Waals surface area contributed by atoms with Crippen molar-refractivity contribution in [2.75, 3.05) is 6.54 Å². The molecular formula is C15H30N2O3. The average Bonchev–Trinajstić information content (AvgIpc) is 2.31. The highest BCUT2D eigenvalue weighted by Crippen LogP contribution is 2.19. The highest BCUT2D eigenvalue weighted by atomic mass is 16.4. The lowest BCUT2D eigenvalue weighted by atomic mass is 9.85. The number of aliphatic carboxylic acids is 1. The lowest BCUT2D eigenvalue weighted by Crippen LogP contribution is -2.40. The van der Waals surface area contributed by atoms with Crippen LogP contribution < -0.4 is 11.1 Å². The molecule has 5 heteroatoms.